The Morgan fingerprint density at radius 2 is 2.18 bits per heavy atom. The second-order valence-electron chi connectivity index (χ2n) is 5.01. The lowest BCUT2D eigenvalue weighted by Crippen LogP contribution is -2.48. The summed E-state index contributed by atoms with van der Waals surface area (Å²) < 4.78 is 0.323. The molecule has 0 saturated carbocycles. The van der Waals surface area contributed by atoms with E-state index in [1.54, 1.807) is 0 Å². The lowest BCUT2D eigenvalue weighted by Gasteiger charge is -2.32. The van der Waals surface area contributed by atoms with Crippen molar-refractivity contribution in [3.05, 3.63) is 35.9 Å². The third-order valence-electron chi connectivity index (χ3n) is 3.75. The van der Waals surface area contributed by atoms with Crippen LogP contribution < -0.4 is 11.3 Å². The molecule has 0 aliphatic carbocycles. The molecule has 0 bridgehead atoms. The first-order chi connectivity index (χ1) is 8.24. The summed E-state index contributed by atoms with van der Waals surface area (Å²) in [5, 5.41) is 0. The van der Waals surface area contributed by atoms with E-state index in [0.717, 1.165) is 12.8 Å². The third-order valence-corrected chi connectivity index (χ3v) is 5.39. The first-order valence-electron chi connectivity index (χ1n) is 6.38. The number of aryl methyl sites for hydroxylation is 1. The van der Waals surface area contributed by atoms with Crippen molar-refractivity contribution in [1.82, 2.24) is 5.43 Å². The van der Waals surface area contributed by atoms with E-state index < -0.39 is 0 Å². The molecule has 3 heteroatoms. The van der Waals surface area contributed by atoms with Crippen molar-refractivity contribution in [2.24, 2.45) is 5.84 Å². The van der Waals surface area contributed by atoms with Crippen LogP contribution in [0.5, 0.6) is 0 Å². The molecular formula is C14H22N2S. The highest BCUT2D eigenvalue weighted by Gasteiger charge is 2.36. The maximum Gasteiger partial charge on any atom is 0.0358 e. The highest BCUT2D eigenvalue weighted by atomic mass is 32.2. The van der Waals surface area contributed by atoms with Crippen molar-refractivity contribution < 1.29 is 0 Å². The lowest BCUT2D eigenvalue weighted by atomic mass is 9.91. The predicted octanol–water partition coefficient (Wildman–Crippen LogP) is 2.74. The lowest BCUT2D eigenvalue weighted by molar-refractivity contribution is 0.387. The number of hydrazine groups is 1. The van der Waals surface area contributed by atoms with Gasteiger partial charge >= 0.3 is 0 Å². The smallest absolute Gasteiger partial charge is 0.0358 e. The van der Waals surface area contributed by atoms with Gasteiger partial charge in [0.1, 0.15) is 0 Å². The SMILES string of the molecule is CC1(C(CCc2ccccc2)NN)CCCS1. The van der Waals surface area contributed by atoms with E-state index in [4.69, 9.17) is 5.84 Å². The number of nitrogens with two attached hydrogens (primary N) is 1. The average molecular weight is 250 g/mol. The molecule has 3 N–H and O–H groups in total. The Morgan fingerprint density at radius 3 is 2.76 bits per heavy atom. The minimum Gasteiger partial charge on any atom is -0.271 e. The van der Waals surface area contributed by atoms with Crippen LogP contribution in [-0.2, 0) is 6.42 Å². The maximum atomic E-state index is 5.74. The number of benzene rings is 1. The fraction of sp³-hybridized carbons (Fsp3) is 0.571. The first-order valence-corrected chi connectivity index (χ1v) is 7.37. The minimum atomic E-state index is 0.323. The Morgan fingerprint density at radius 1 is 1.41 bits per heavy atom. The van der Waals surface area contributed by atoms with Crippen molar-refractivity contribution in [2.75, 3.05) is 5.75 Å². The van der Waals surface area contributed by atoms with Gasteiger partial charge in [0.05, 0.1) is 0 Å². The molecule has 1 aromatic rings. The second kappa shape index (κ2) is 5.89. The normalized spacial score (nSPS) is 26.0. The van der Waals surface area contributed by atoms with Crippen LogP contribution in [0.4, 0.5) is 0 Å². The van der Waals surface area contributed by atoms with Gasteiger partial charge in [-0.05, 0) is 43.9 Å². The van der Waals surface area contributed by atoms with Gasteiger partial charge in [-0.2, -0.15) is 11.8 Å². The summed E-state index contributed by atoms with van der Waals surface area (Å²) in [5.74, 6) is 7.02. The maximum absolute atomic E-state index is 5.74. The number of thioether (sulfide) groups is 1. The van der Waals surface area contributed by atoms with Gasteiger partial charge in [-0.3, -0.25) is 11.3 Å². The molecule has 1 aliphatic heterocycles. The third kappa shape index (κ3) is 3.24. The summed E-state index contributed by atoms with van der Waals surface area (Å²) in [7, 11) is 0. The number of hydrogen-bond acceptors (Lipinski definition) is 3. The summed E-state index contributed by atoms with van der Waals surface area (Å²) >= 11 is 2.07. The summed E-state index contributed by atoms with van der Waals surface area (Å²) in [6.45, 7) is 2.35. The van der Waals surface area contributed by atoms with Gasteiger partial charge in [0, 0.05) is 10.8 Å². The van der Waals surface area contributed by atoms with E-state index in [2.05, 4.69) is 54.4 Å². The Labute approximate surface area is 108 Å². The molecule has 1 aliphatic rings. The van der Waals surface area contributed by atoms with Gasteiger partial charge in [-0.25, -0.2) is 0 Å². The number of hydrogen-bond donors (Lipinski definition) is 2. The van der Waals surface area contributed by atoms with Crippen molar-refractivity contribution in [2.45, 2.75) is 43.4 Å². The second-order valence-corrected chi connectivity index (χ2v) is 6.64. The quantitative estimate of drug-likeness (QED) is 0.623. The van der Waals surface area contributed by atoms with Crippen LogP contribution in [0, 0.1) is 0 Å². The van der Waals surface area contributed by atoms with E-state index in [9.17, 15) is 0 Å². The minimum absolute atomic E-state index is 0.323. The molecule has 2 rings (SSSR count). The van der Waals surface area contributed by atoms with Gasteiger partial charge in [-0.1, -0.05) is 30.3 Å². The molecule has 0 aromatic heterocycles. The van der Waals surface area contributed by atoms with Gasteiger partial charge < -0.3 is 0 Å². The molecule has 1 fully saturated rings. The van der Waals surface area contributed by atoms with Gasteiger partial charge in [0.15, 0.2) is 0 Å². The van der Waals surface area contributed by atoms with Crippen LogP contribution in [0.1, 0.15) is 31.7 Å². The first kappa shape index (κ1) is 12.9. The van der Waals surface area contributed by atoms with Crippen molar-refractivity contribution >= 4 is 11.8 Å². The topological polar surface area (TPSA) is 38.0 Å². The molecule has 2 unspecified atom stereocenters. The standard InChI is InChI=1S/C14H22N2S/c1-14(10-5-11-17-14)13(16-15)9-8-12-6-3-2-4-7-12/h2-4,6-7,13,16H,5,8-11,15H2,1H3. The molecule has 2 nitrogen and oxygen atoms in total. The number of rotatable bonds is 5. The molecule has 0 spiro atoms. The van der Waals surface area contributed by atoms with Crippen molar-refractivity contribution in [3.8, 4) is 0 Å². The van der Waals surface area contributed by atoms with Gasteiger partial charge in [0.25, 0.3) is 0 Å². The fourth-order valence-electron chi connectivity index (χ4n) is 2.60. The van der Waals surface area contributed by atoms with Gasteiger partial charge in [-0.15, -0.1) is 0 Å². The van der Waals surface area contributed by atoms with Crippen molar-refractivity contribution in [3.63, 3.8) is 0 Å². The molecule has 0 amide bonds. The number of nitrogens with one attached hydrogen (secondary N) is 1. The zero-order valence-corrected chi connectivity index (χ0v) is 11.3. The van der Waals surface area contributed by atoms with E-state index in [-0.39, 0.29) is 0 Å². The van der Waals surface area contributed by atoms with Crippen LogP contribution in [0.15, 0.2) is 30.3 Å². The predicted molar refractivity (Wildman–Crippen MR) is 76.0 cm³/mol. The summed E-state index contributed by atoms with van der Waals surface area (Å²) in [6.07, 6.45) is 4.82. The molecule has 0 radical (unpaired) electrons. The summed E-state index contributed by atoms with van der Waals surface area (Å²) in [6, 6.07) is 11.1. The van der Waals surface area contributed by atoms with Gasteiger partial charge in [0.2, 0.25) is 0 Å². The van der Waals surface area contributed by atoms with Crippen LogP contribution >= 0.6 is 11.8 Å². The van der Waals surface area contributed by atoms with Crippen LogP contribution in [0.25, 0.3) is 0 Å². The molecular weight excluding hydrogens is 228 g/mol. The van der Waals surface area contributed by atoms with Crippen LogP contribution in [0.2, 0.25) is 0 Å². The molecule has 94 valence electrons. The Bertz CT molecular complexity index is 333. The molecule has 17 heavy (non-hydrogen) atoms. The molecule has 2 atom stereocenters. The van der Waals surface area contributed by atoms with Crippen molar-refractivity contribution in [1.29, 1.82) is 0 Å². The highest BCUT2D eigenvalue weighted by Crippen LogP contribution is 2.41. The Hall–Kier alpha value is -0.510. The average Bonchev–Trinajstić information content (AvgIpc) is 2.79. The van der Waals surface area contributed by atoms with Crippen LogP contribution in [-0.4, -0.2) is 16.5 Å². The molecule has 1 heterocycles. The fourth-order valence-corrected chi connectivity index (χ4v) is 4.03. The zero-order chi connectivity index (χ0) is 12.1. The zero-order valence-electron chi connectivity index (χ0n) is 10.5. The van der Waals surface area contributed by atoms with E-state index in [0.29, 0.717) is 10.8 Å². The Kier molecular flexibility index (Phi) is 4.48. The molecule has 1 aromatic carbocycles. The summed E-state index contributed by atoms with van der Waals surface area (Å²) in [5.41, 5.74) is 4.44. The monoisotopic (exact) mass is 250 g/mol. The molecule has 1 saturated heterocycles. The van der Waals surface area contributed by atoms with E-state index in [1.165, 1.54) is 24.2 Å². The van der Waals surface area contributed by atoms with E-state index in [1.807, 2.05) is 0 Å². The largest absolute Gasteiger partial charge is 0.271 e. The van der Waals surface area contributed by atoms with E-state index >= 15 is 0 Å². The summed E-state index contributed by atoms with van der Waals surface area (Å²) in [4.78, 5) is 0. The van der Waals surface area contributed by atoms with Crippen LogP contribution in [0.3, 0.4) is 0 Å². The Balaban J connectivity index is 1.92. The highest BCUT2D eigenvalue weighted by molar-refractivity contribution is 8.00.